The second kappa shape index (κ2) is 14.3. The van der Waals surface area contributed by atoms with Crippen molar-refractivity contribution in [2.75, 3.05) is 77.1 Å². The lowest BCUT2D eigenvalue weighted by molar-refractivity contribution is 0.0171. The van der Waals surface area contributed by atoms with Crippen molar-refractivity contribution in [2.45, 2.75) is 38.7 Å². The number of aliphatic imine (C=N–C) groups is 1. The number of para-hydroxylation sites is 1. The number of hydrogen-bond acceptors (Lipinski definition) is 5. The van der Waals surface area contributed by atoms with E-state index < -0.39 is 0 Å². The summed E-state index contributed by atoms with van der Waals surface area (Å²) in [5.41, 5.74) is 1.34. The van der Waals surface area contributed by atoms with Gasteiger partial charge in [-0.2, -0.15) is 0 Å². The van der Waals surface area contributed by atoms with Crippen LogP contribution in [0, 0.1) is 0 Å². The maximum absolute atomic E-state index is 5.72. The van der Waals surface area contributed by atoms with Gasteiger partial charge < -0.3 is 25.0 Å². The van der Waals surface area contributed by atoms with Gasteiger partial charge in [-0.1, -0.05) is 18.2 Å². The highest BCUT2D eigenvalue weighted by Crippen LogP contribution is 2.15. The molecule has 0 saturated carbocycles. The average Bonchev–Trinajstić information content (AvgIpc) is 3.33. The van der Waals surface area contributed by atoms with Gasteiger partial charge in [-0.05, 0) is 51.3 Å². The molecule has 0 bridgehead atoms. The molecule has 0 spiro atoms. The number of hydrogen-bond donors (Lipinski definition) is 2. The third-order valence-corrected chi connectivity index (χ3v) is 5.83. The van der Waals surface area contributed by atoms with E-state index in [1.165, 1.54) is 12.1 Å². The lowest BCUT2D eigenvalue weighted by Gasteiger charge is -2.36. The highest BCUT2D eigenvalue weighted by Gasteiger charge is 2.16. The number of piperazine rings is 1. The molecular formula is C24H41N5O2. The zero-order valence-corrected chi connectivity index (χ0v) is 19.2. The predicted molar refractivity (Wildman–Crippen MR) is 128 cm³/mol. The molecular weight excluding hydrogens is 390 g/mol. The van der Waals surface area contributed by atoms with Gasteiger partial charge in [-0.25, -0.2) is 0 Å². The van der Waals surface area contributed by atoms with Gasteiger partial charge in [0.15, 0.2) is 5.96 Å². The quantitative estimate of drug-likeness (QED) is 0.301. The molecule has 7 heteroatoms. The molecule has 1 aromatic carbocycles. The van der Waals surface area contributed by atoms with Crippen LogP contribution < -0.4 is 15.5 Å². The van der Waals surface area contributed by atoms with Gasteiger partial charge in [0.2, 0.25) is 0 Å². The Morgan fingerprint density at radius 2 is 1.97 bits per heavy atom. The summed E-state index contributed by atoms with van der Waals surface area (Å²) in [6, 6.07) is 10.7. The Morgan fingerprint density at radius 3 is 2.71 bits per heavy atom. The Kier molecular flexibility index (Phi) is 11.0. The van der Waals surface area contributed by atoms with Crippen molar-refractivity contribution >= 4 is 11.6 Å². The fourth-order valence-corrected chi connectivity index (χ4v) is 4.07. The Labute approximate surface area is 188 Å². The van der Waals surface area contributed by atoms with Crippen molar-refractivity contribution in [1.82, 2.24) is 15.5 Å². The second-order valence-electron chi connectivity index (χ2n) is 8.27. The smallest absolute Gasteiger partial charge is 0.191 e. The predicted octanol–water partition coefficient (Wildman–Crippen LogP) is 2.34. The van der Waals surface area contributed by atoms with Crippen LogP contribution >= 0.6 is 0 Å². The zero-order chi connectivity index (χ0) is 21.6. The van der Waals surface area contributed by atoms with Gasteiger partial charge >= 0.3 is 0 Å². The van der Waals surface area contributed by atoms with Crippen molar-refractivity contribution < 1.29 is 9.47 Å². The summed E-state index contributed by atoms with van der Waals surface area (Å²) in [7, 11) is 0. The molecule has 0 aromatic heterocycles. The zero-order valence-electron chi connectivity index (χ0n) is 19.2. The number of anilines is 1. The maximum Gasteiger partial charge on any atom is 0.191 e. The van der Waals surface area contributed by atoms with Crippen LogP contribution in [-0.4, -0.2) is 89.1 Å². The molecule has 7 nitrogen and oxygen atoms in total. The Hall–Kier alpha value is -1.83. The number of rotatable bonds is 12. The van der Waals surface area contributed by atoms with Gasteiger partial charge in [0, 0.05) is 64.7 Å². The SMILES string of the molecule is CCNC(=NCCCOCC1CCCO1)NCCCN1CCN(c2ccccc2)CC1. The summed E-state index contributed by atoms with van der Waals surface area (Å²) >= 11 is 0. The van der Waals surface area contributed by atoms with Gasteiger partial charge in [-0.15, -0.1) is 0 Å². The van der Waals surface area contributed by atoms with Crippen molar-refractivity contribution in [2.24, 2.45) is 4.99 Å². The van der Waals surface area contributed by atoms with Crippen molar-refractivity contribution in [3.8, 4) is 0 Å². The highest BCUT2D eigenvalue weighted by molar-refractivity contribution is 5.79. The fourth-order valence-electron chi connectivity index (χ4n) is 4.07. The summed E-state index contributed by atoms with van der Waals surface area (Å²) in [6.45, 7) is 12.7. The molecule has 2 aliphatic heterocycles. The van der Waals surface area contributed by atoms with Crippen LogP contribution in [0.2, 0.25) is 0 Å². The van der Waals surface area contributed by atoms with E-state index in [4.69, 9.17) is 9.47 Å². The number of benzene rings is 1. The summed E-state index contributed by atoms with van der Waals surface area (Å²) in [6.07, 6.45) is 4.67. The van der Waals surface area contributed by atoms with Gasteiger partial charge in [0.25, 0.3) is 0 Å². The van der Waals surface area contributed by atoms with Crippen LogP contribution in [0.5, 0.6) is 0 Å². The summed E-state index contributed by atoms with van der Waals surface area (Å²) in [5, 5.41) is 6.81. The van der Waals surface area contributed by atoms with Gasteiger partial charge in [0.05, 0.1) is 12.7 Å². The molecule has 2 N–H and O–H groups in total. The van der Waals surface area contributed by atoms with E-state index in [0.717, 1.165) is 97.4 Å². The van der Waals surface area contributed by atoms with Crippen LogP contribution in [0.3, 0.4) is 0 Å². The molecule has 174 valence electrons. The van der Waals surface area contributed by atoms with Gasteiger partial charge in [-0.3, -0.25) is 9.89 Å². The summed E-state index contributed by atoms with van der Waals surface area (Å²) in [4.78, 5) is 9.72. The lowest BCUT2D eigenvalue weighted by atomic mass is 10.2. The first-order valence-corrected chi connectivity index (χ1v) is 12.1. The molecule has 3 rings (SSSR count). The topological polar surface area (TPSA) is 61.4 Å². The average molecular weight is 432 g/mol. The van der Waals surface area contributed by atoms with Crippen molar-refractivity contribution in [3.63, 3.8) is 0 Å². The number of nitrogens with one attached hydrogen (secondary N) is 2. The van der Waals surface area contributed by atoms with Crippen LogP contribution in [0.25, 0.3) is 0 Å². The van der Waals surface area contributed by atoms with Crippen LogP contribution in [0.15, 0.2) is 35.3 Å². The first-order valence-electron chi connectivity index (χ1n) is 12.1. The fraction of sp³-hybridized carbons (Fsp3) is 0.708. The Morgan fingerprint density at radius 1 is 1.13 bits per heavy atom. The number of nitrogens with zero attached hydrogens (tertiary/aromatic N) is 3. The van der Waals surface area contributed by atoms with E-state index in [9.17, 15) is 0 Å². The largest absolute Gasteiger partial charge is 0.379 e. The van der Waals surface area contributed by atoms with E-state index in [1.54, 1.807) is 0 Å². The van der Waals surface area contributed by atoms with E-state index in [-0.39, 0.29) is 0 Å². The maximum atomic E-state index is 5.72. The first-order chi connectivity index (χ1) is 15.3. The standard InChI is InChI=1S/C24H41N5O2/c1-2-25-24(27-13-8-19-30-21-23-11-6-20-31-23)26-12-7-14-28-15-17-29(18-16-28)22-9-4-3-5-10-22/h3-5,9-10,23H,2,6-8,11-21H2,1H3,(H2,25,26,27). The molecule has 0 radical (unpaired) electrons. The van der Waals surface area contributed by atoms with E-state index in [1.807, 2.05) is 0 Å². The van der Waals surface area contributed by atoms with Crippen LogP contribution in [-0.2, 0) is 9.47 Å². The molecule has 31 heavy (non-hydrogen) atoms. The highest BCUT2D eigenvalue weighted by atomic mass is 16.5. The minimum absolute atomic E-state index is 0.309. The third kappa shape index (κ3) is 9.05. The number of guanidine groups is 1. The lowest BCUT2D eigenvalue weighted by Crippen LogP contribution is -2.47. The van der Waals surface area contributed by atoms with Crippen molar-refractivity contribution in [1.29, 1.82) is 0 Å². The minimum Gasteiger partial charge on any atom is -0.379 e. The molecule has 2 aliphatic rings. The Balaban J connectivity index is 1.23. The minimum atomic E-state index is 0.309. The molecule has 1 atom stereocenters. The number of ether oxygens (including phenoxy) is 2. The molecule has 0 aliphatic carbocycles. The van der Waals surface area contributed by atoms with Gasteiger partial charge in [0.1, 0.15) is 0 Å². The van der Waals surface area contributed by atoms with Crippen LogP contribution in [0.4, 0.5) is 5.69 Å². The normalized spacial score (nSPS) is 20.2. The first kappa shape index (κ1) is 23.8. The Bertz CT molecular complexity index is 614. The molecule has 0 amide bonds. The molecule has 1 aromatic rings. The van der Waals surface area contributed by atoms with Crippen molar-refractivity contribution in [3.05, 3.63) is 30.3 Å². The third-order valence-electron chi connectivity index (χ3n) is 5.83. The molecule has 2 fully saturated rings. The van der Waals surface area contributed by atoms with Crippen LogP contribution in [0.1, 0.15) is 32.6 Å². The van der Waals surface area contributed by atoms with E-state index >= 15 is 0 Å². The molecule has 2 saturated heterocycles. The second-order valence-corrected chi connectivity index (χ2v) is 8.27. The van der Waals surface area contributed by atoms with E-state index in [0.29, 0.717) is 6.10 Å². The summed E-state index contributed by atoms with van der Waals surface area (Å²) in [5.74, 6) is 0.913. The summed E-state index contributed by atoms with van der Waals surface area (Å²) < 4.78 is 11.3. The molecule has 2 heterocycles. The molecule has 1 unspecified atom stereocenters. The monoisotopic (exact) mass is 431 g/mol. The van der Waals surface area contributed by atoms with E-state index in [2.05, 4.69) is 62.7 Å².